The summed E-state index contributed by atoms with van der Waals surface area (Å²) in [5.74, 6) is 4.16. The Labute approximate surface area is 118 Å². The first-order valence-corrected chi connectivity index (χ1v) is 6.32. The summed E-state index contributed by atoms with van der Waals surface area (Å²) in [6.07, 6.45) is 0.689. The van der Waals surface area contributed by atoms with Crippen LogP contribution in [-0.2, 0) is 16.1 Å². The molecule has 1 amide bonds. The number of carbonyl (C=O) groups excluding carboxylic acids is 1. The maximum atomic E-state index is 13.6. The topological polar surface area (TPSA) is 73.6 Å². The van der Waals surface area contributed by atoms with Crippen LogP contribution in [0.2, 0.25) is 0 Å². The molecule has 0 atom stereocenters. The summed E-state index contributed by atoms with van der Waals surface area (Å²) in [6, 6.07) is 4.02. The summed E-state index contributed by atoms with van der Waals surface area (Å²) in [5.41, 5.74) is 2.34. The first kappa shape index (κ1) is 16.6. The first-order valence-electron chi connectivity index (χ1n) is 6.32. The number of nitrogen functional groups attached to an aromatic ring is 1. The van der Waals surface area contributed by atoms with E-state index >= 15 is 0 Å². The molecule has 0 bridgehead atoms. The first-order chi connectivity index (χ1) is 9.39. The molecule has 0 heterocycles. The number of ether oxygens (including phenoxy) is 2. The number of benzene rings is 1. The van der Waals surface area contributed by atoms with Gasteiger partial charge in [0.2, 0.25) is 0 Å². The zero-order valence-electron chi connectivity index (χ0n) is 12.0. The largest absolute Gasteiger partial charge is 0.379 e. The van der Waals surface area contributed by atoms with E-state index in [1.54, 1.807) is 7.11 Å². The van der Waals surface area contributed by atoms with Gasteiger partial charge in [0.15, 0.2) is 0 Å². The summed E-state index contributed by atoms with van der Waals surface area (Å²) >= 11 is 0. The smallest absolute Gasteiger partial charge is 0.265 e. The molecule has 0 fully saturated rings. The third-order valence-corrected chi connectivity index (χ3v) is 3.10. The third-order valence-electron chi connectivity index (χ3n) is 3.10. The van der Waals surface area contributed by atoms with E-state index in [1.807, 2.05) is 19.3 Å². The van der Waals surface area contributed by atoms with Crippen LogP contribution in [0.15, 0.2) is 18.2 Å². The molecule has 0 aliphatic carbocycles. The van der Waals surface area contributed by atoms with Gasteiger partial charge in [0.05, 0.1) is 12.2 Å². The Morgan fingerprint density at radius 2 is 2.15 bits per heavy atom. The number of amides is 1. The third kappa shape index (κ3) is 4.88. The van der Waals surface area contributed by atoms with Crippen LogP contribution in [0.4, 0.5) is 4.39 Å². The monoisotopic (exact) mass is 284 g/mol. The molecule has 0 aromatic heterocycles. The van der Waals surface area contributed by atoms with Gasteiger partial charge in [-0.1, -0.05) is 0 Å². The second kappa shape index (κ2) is 7.33. The van der Waals surface area contributed by atoms with Crippen LogP contribution in [0.25, 0.3) is 0 Å². The van der Waals surface area contributed by atoms with E-state index in [1.165, 1.54) is 18.2 Å². The SMILES string of the molecule is COC(C)(C)CCOCc1cc(C(=O)NN)ccc1F. The highest BCUT2D eigenvalue weighted by Crippen LogP contribution is 2.15. The second-order valence-corrected chi connectivity index (χ2v) is 5.05. The quantitative estimate of drug-likeness (QED) is 0.346. The van der Waals surface area contributed by atoms with E-state index in [0.717, 1.165) is 0 Å². The van der Waals surface area contributed by atoms with Gasteiger partial charge in [-0.25, -0.2) is 10.2 Å². The molecule has 1 aromatic carbocycles. The number of hydrogen-bond acceptors (Lipinski definition) is 4. The molecule has 0 radical (unpaired) electrons. The van der Waals surface area contributed by atoms with E-state index < -0.39 is 11.7 Å². The predicted molar refractivity (Wildman–Crippen MR) is 73.4 cm³/mol. The van der Waals surface area contributed by atoms with Crippen LogP contribution in [0.1, 0.15) is 36.2 Å². The molecule has 112 valence electrons. The van der Waals surface area contributed by atoms with E-state index in [0.29, 0.717) is 24.2 Å². The molecule has 0 spiro atoms. The van der Waals surface area contributed by atoms with Gasteiger partial charge in [0, 0.05) is 24.8 Å². The Kier molecular flexibility index (Phi) is 6.06. The molecule has 5 nitrogen and oxygen atoms in total. The number of hydrazine groups is 1. The lowest BCUT2D eigenvalue weighted by Crippen LogP contribution is -2.30. The van der Waals surface area contributed by atoms with Crippen molar-refractivity contribution in [3.8, 4) is 0 Å². The number of nitrogens with one attached hydrogen (secondary N) is 1. The van der Waals surface area contributed by atoms with Crippen molar-refractivity contribution in [1.82, 2.24) is 5.43 Å². The van der Waals surface area contributed by atoms with Gasteiger partial charge in [-0.15, -0.1) is 0 Å². The van der Waals surface area contributed by atoms with Crippen molar-refractivity contribution in [1.29, 1.82) is 0 Å². The van der Waals surface area contributed by atoms with E-state index in [4.69, 9.17) is 15.3 Å². The number of rotatable bonds is 7. The minimum atomic E-state index is -0.466. The maximum absolute atomic E-state index is 13.6. The lowest BCUT2D eigenvalue weighted by Gasteiger charge is -2.22. The van der Waals surface area contributed by atoms with Crippen LogP contribution in [0.3, 0.4) is 0 Å². The average molecular weight is 284 g/mol. The van der Waals surface area contributed by atoms with Crippen molar-refractivity contribution in [2.24, 2.45) is 5.84 Å². The van der Waals surface area contributed by atoms with Crippen molar-refractivity contribution in [3.63, 3.8) is 0 Å². The fourth-order valence-electron chi connectivity index (χ4n) is 1.51. The molecule has 6 heteroatoms. The van der Waals surface area contributed by atoms with Crippen molar-refractivity contribution < 1.29 is 18.7 Å². The van der Waals surface area contributed by atoms with E-state index in [2.05, 4.69) is 0 Å². The minimum absolute atomic E-state index is 0.0946. The highest BCUT2D eigenvalue weighted by Gasteiger charge is 2.16. The minimum Gasteiger partial charge on any atom is -0.379 e. The molecule has 0 aliphatic rings. The van der Waals surface area contributed by atoms with Crippen LogP contribution in [-0.4, -0.2) is 25.2 Å². The van der Waals surface area contributed by atoms with Gasteiger partial charge in [0.25, 0.3) is 5.91 Å². The van der Waals surface area contributed by atoms with E-state index in [-0.39, 0.29) is 12.2 Å². The molecular formula is C14H21FN2O3. The zero-order valence-corrected chi connectivity index (χ0v) is 12.0. The Hall–Kier alpha value is -1.50. The molecule has 0 aliphatic heterocycles. The average Bonchev–Trinajstić information content (AvgIpc) is 2.44. The van der Waals surface area contributed by atoms with Gasteiger partial charge in [0.1, 0.15) is 5.82 Å². The number of methoxy groups -OCH3 is 1. The summed E-state index contributed by atoms with van der Waals surface area (Å²) in [5, 5.41) is 0. The van der Waals surface area contributed by atoms with Crippen LogP contribution >= 0.6 is 0 Å². The van der Waals surface area contributed by atoms with Gasteiger partial charge >= 0.3 is 0 Å². The molecule has 0 saturated heterocycles. The lowest BCUT2D eigenvalue weighted by atomic mass is 10.1. The predicted octanol–water partition coefficient (Wildman–Crippen LogP) is 1.76. The highest BCUT2D eigenvalue weighted by atomic mass is 19.1. The molecule has 0 unspecified atom stereocenters. The Balaban J connectivity index is 2.57. The van der Waals surface area contributed by atoms with Gasteiger partial charge in [-0.05, 0) is 38.5 Å². The number of hydrogen-bond donors (Lipinski definition) is 2. The second-order valence-electron chi connectivity index (χ2n) is 5.05. The molecule has 3 N–H and O–H groups in total. The van der Waals surface area contributed by atoms with Crippen molar-refractivity contribution in [2.75, 3.05) is 13.7 Å². The summed E-state index contributed by atoms with van der Waals surface area (Å²) < 4.78 is 24.3. The standard InChI is InChI=1S/C14H21FN2O3/c1-14(2,19-3)6-7-20-9-11-8-10(13(18)17-16)4-5-12(11)15/h4-5,8H,6-7,9,16H2,1-3H3,(H,17,18). The molecule has 1 rings (SSSR count). The van der Waals surface area contributed by atoms with Crippen molar-refractivity contribution in [3.05, 3.63) is 35.1 Å². The number of nitrogens with two attached hydrogens (primary N) is 1. The van der Waals surface area contributed by atoms with Gasteiger partial charge < -0.3 is 9.47 Å². The Bertz CT molecular complexity index is 464. The summed E-state index contributed by atoms with van der Waals surface area (Å²) in [4.78, 5) is 11.4. The molecule has 1 aromatic rings. The van der Waals surface area contributed by atoms with Crippen LogP contribution in [0.5, 0.6) is 0 Å². The van der Waals surface area contributed by atoms with Crippen molar-refractivity contribution >= 4 is 5.91 Å². The van der Waals surface area contributed by atoms with Crippen LogP contribution < -0.4 is 11.3 Å². The molecule has 20 heavy (non-hydrogen) atoms. The van der Waals surface area contributed by atoms with Gasteiger partial charge in [-0.2, -0.15) is 0 Å². The number of halogens is 1. The highest BCUT2D eigenvalue weighted by molar-refractivity contribution is 5.93. The Morgan fingerprint density at radius 3 is 2.75 bits per heavy atom. The van der Waals surface area contributed by atoms with Crippen molar-refractivity contribution in [2.45, 2.75) is 32.5 Å². The van der Waals surface area contributed by atoms with Crippen LogP contribution in [0, 0.1) is 5.82 Å². The lowest BCUT2D eigenvalue weighted by molar-refractivity contribution is -0.0127. The summed E-state index contributed by atoms with van der Waals surface area (Å²) in [7, 11) is 1.63. The zero-order chi connectivity index (χ0) is 15.2. The number of carbonyl (C=O) groups is 1. The maximum Gasteiger partial charge on any atom is 0.265 e. The molecular weight excluding hydrogens is 263 g/mol. The fourth-order valence-corrected chi connectivity index (χ4v) is 1.51. The van der Waals surface area contributed by atoms with E-state index in [9.17, 15) is 9.18 Å². The Morgan fingerprint density at radius 1 is 1.45 bits per heavy atom. The fraction of sp³-hybridized carbons (Fsp3) is 0.500. The molecule has 0 saturated carbocycles. The summed E-state index contributed by atoms with van der Waals surface area (Å²) in [6.45, 7) is 4.43. The normalized spacial score (nSPS) is 11.4. The van der Waals surface area contributed by atoms with Gasteiger partial charge in [-0.3, -0.25) is 10.2 Å².